The molecule has 0 aromatic rings. The Morgan fingerprint density at radius 1 is 1.28 bits per heavy atom. The smallest absolute Gasteiger partial charge is 0.303 e. The van der Waals surface area contributed by atoms with Crippen LogP contribution in [0.1, 0.15) is 45.4 Å². The highest BCUT2D eigenvalue weighted by atomic mass is 16.4. The van der Waals surface area contributed by atoms with Crippen LogP contribution in [-0.2, 0) is 4.79 Å². The minimum atomic E-state index is -0.672. The predicted molar refractivity (Wildman–Crippen MR) is 71.7 cm³/mol. The molecule has 1 aliphatic carbocycles. The Balaban J connectivity index is 1.92. The molecule has 4 heteroatoms. The number of carbonyl (C=O) groups is 1. The highest BCUT2D eigenvalue weighted by Crippen LogP contribution is 2.28. The molecule has 4 nitrogen and oxygen atoms in total. The first kappa shape index (κ1) is 13.8. The van der Waals surface area contributed by atoms with Crippen LogP contribution in [0.5, 0.6) is 0 Å². The SMILES string of the molecule is CC1CN(C)C(CCC(=O)O)CN1C1CCCC1. The van der Waals surface area contributed by atoms with Crippen molar-refractivity contribution in [2.45, 2.75) is 63.6 Å². The zero-order chi connectivity index (χ0) is 13.1. The Morgan fingerprint density at radius 2 is 1.94 bits per heavy atom. The molecule has 1 heterocycles. The molecule has 0 aromatic carbocycles. The number of aliphatic carboxylic acids is 1. The quantitative estimate of drug-likeness (QED) is 0.831. The summed E-state index contributed by atoms with van der Waals surface area (Å²) < 4.78 is 0. The van der Waals surface area contributed by atoms with E-state index < -0.39 is 5.97 Å². The molecule has 0 amide bonds. The highest BCUT2D eigenvalue weighted by Gasteiger charge is 2.34. The Hall–Kier alpha value is -0.610. The third kappa shape index (κ3) is 3.23. The van der Waals surface area contributed by atoms with E-state index in [1.54, 1.807) is 0 Å². The molecule has 1 aliphatic heterocycles. The summed E-state index contributed by atoms with van der Waals surface area (Å²) in [5.74, 6) is -0.672. The Bertz CT molecular complexity index is 290. The van der Waals surface area contributed by atoms with Gasteiger partial charge in [-0.1, -0.05) is 12.8 Å². The van der Waals surface area contributed by atoms with Crippen LogP contribution in [0.3, 0.4) is 0 Å². The van der Waals surface area contributed by atoms with E-state index >= 15 is 0 Å². The van der Waals surface area contributed by atoms with Crippen molar-refractivity contribution in [2.75, 3.05) is 20.1 Å². The molecule has 1 N–H and O–H groups in total. The summed E-state index contributed by atoms with van der Waals surface area (Å²) in [5.41, 5.74) is 0. The first-order valence-corrected chi connectivity index (χ1v) is 7.25. The van der Waals surface area contributed by atoms with Crippen LogP contribution in [0.15, 0.2) is 0 Å². The summed E-state index contributed by atoms with van der Waals surface area (Å²) >= 11 is 0. The second-order valence-electron chi connectivity index (χ2n) is 6.01. The monoisotopic (exact) mass is 254 g/mol. The summed E-state index contributed by atoms with van der Waals surface area (Å²) in [4.78, 5) is 15.7. The van der Waals surface area contributed by atoms with Gasteiger partial charge in [0.25, 0.3) is 0 Å². The van der Waals surface area contributed by atoms with Crippen LogP contribution in [0.4, 0.5) is 0 Å². The minimum Gasteiger partial charge on any atom is -0.481 e. The number of carboxylic acids is 1. The van der Waals surface area contributed by atoms with E-state index in [1.165, 1.54) is 25.7 Å². The van der Waals surface area contributed by atoms with Gasteiger partial charge in [-0.15, -0.1) is 0 Å². The van der Waals surface area contributed by atoms with E-state index in [0.29, 0.717) is 18.5 Å². The maximum absolute atomic E-state index is 10.7. The molecule has 18 heavy (non-hydrogen) atoms. The molecular weight excluding hydrogens is 228 g/mol. The predicted octanol–water partition coefficient (Wildman–Crippen LogP) is 1.80. The summed E-state index contributed by atoms with van der Waals surface area (Å²) in [6.45, 7) is 4.43. The lowest BCUT2D eigenvalue weighted by atomic mass is 10.0. The highest BCUT2D eigenvalue weighted by molar-refractivity contribution is 5.66. The lowest BCUT2D eigenvalue weighted by molar-refractivity contribution is -0.137. The van der Waals surface area contributed by atoms with Crippen LogP contribution in [0, 0.1) is 0 Å². The number of nitrogens with zero attached hydrogens (tertiary/aromatic N) is 2. The van der Waals surface area contributed by atoms with Crippen molar-refractivity contribution in [1.29, 1.82) is 0 Å². The van der Waals surface area contributed by atoms with Gasteiger partial charge in [0.1, 0.15) is 0 Å². The van der Waals surface area contributed by atoms with Crippen molar-refractivity contribution in [3.05, 3.63) is 0 Å². The molecular formula is C14H26N2O2. The molecule has 1 saturated heterocycles. The van der Waals surface area contributed by atoms with Crippen molar-refractivity contribution in [2.24, 2.45) is 0 Å². The normalized spacial score (nSPS) is 31.9. The van der Waals surface area contributed by atoms with Gasteiger partial charge < -0.3 is 10.0 Å². The van der Waals surface area contributed by atoms with Crippen LogP contribution in [-0.4, -0.2) is 59.1 Å². The van der Waals surface area contributed by atoms with Gasteiger partial charge in [-0.2, -0.15) is 0 Å². The van der Waals surface area contributed by atoms with Gasteiger partial charge in [0.05, 0.1) is 0 Å². The molecule has 0 aromatic heterocycles. The Kier molecular flexibility index (Phi) is 4.62. The third-order valence-electron chi connectivity index (χ3n) is 4.65. The van der Waals surface area contributed by atoms with Crippen LogP contribution < -0.4 is 0 Å². The summed E-state index contributed by atoms with van der Waals surface area (Å²) in [5, 5.41) is 8.83. The fourth-order valence-electron chi connectivity index (χ4n) is 3.58. The molecule has 2 aliphatic rings. The minimum absolute atomic E-state index is 0.294. The average Bonchev–Trinajstić information content (AvgIpc) is 2.81. The number of likely N-dealkylation sites (N-methyl/N-ethyl adjacent to an activating group) is 1. The maximum atomic E-state index is 10.7. The second kappa shape index (κ2) is 6.02. The third-order valence-corrected chi connectivity index (χ3v) is 4.65. The first-order chi connectivity index (χ1) is 8.58. The molecule has 2 rings (SSSR count). The van der Waals surface area contributed by atoms with E-state index in [-0.39, 0.29) is 0 Å². The summed E-state index contributed by atoms with van der Waals surface area (Å²) in [6.07, 6.45) is 6.47. The molecule has 0 spiro atoms. The fraction of sp³-hybridized carbons (Fsp3) is 0.929. The van der Waals surface area contributed by atoms with Crippen LogP contribution >= 0.6 is 0 Å². The first-order valence-electron chi connectivity index (χ1n) is 7.25. The Labute approximate surface area is 110 Å². The van der Waals surface area contributed by atoms with Crippen LogP contribution in [0.25, 0.3) is 0 Å². The summed E-state index contributed by atoms with van der Waals surface area (Å²) in [6, 6.07) is 1.78. The number of rotatable bonds is 4. The number of piperazine rings is 1. The number of hydrogen-bond donors (Lipinski definition) is 1. The van der Waals surface area contributed by atoms with Crippen LogP contribution in [0.2, 0.25) is 0 Å². The maximum Gasteiger partial charge on any atom is 0.303 e. The van der Waals surface area contributed by atoms with Gasteiger partial charge in [0.15, 0.2) is 0 Å². The fourth-order valence-corrected chi connectivity index (χ4v) is 3.58. The van der Waals surface area contributed by atoms with Gasteiger partial charge in [0.2, 0.25) is 0 Å². The van der Waals surface area contributed by atoms with Crippen molar-refractivity contribution in [3.8, 4) is 0 Å². The molecule has 104 valence electrons. The Morgan fingerprint density at radius 3 is 2.56 bits per heavy atom. The van der Waals surface area contributed by atoms with E-state index in [9.17, 15) is 4.79 Å². The standard InChI is InChI=1S/C14H26N2O2/c1-11-9-15(2)13(7-8-14(17)18)10-16(11)12-5-3-4-6-12/h11-13H,3-10H2,1-2H3,(H,17,18). The van der Waals surface area contributed by atoms with E-state index in [4.69, 9.17) is 5.11 Å². The molecule has 2 atom stereocenters. The summed E-state index contributed by atoms with van der Waals surface area (Å²) in [7, 11) is 2.13. The molecule has 2 unspecified atom stereocenters. The van der Waals surface area contributed by atoms with Crippen molar-refractivity contribution < 1.29 is 9.90 Å². The zero-order valence-electron chi connectivity index (χ0n) is 11.6. The average molecular weight is 254 g/mol. The van der Waals surface area contributed by atoms with Gasteiger partial charge in [-0.25, -0.2) is 0 Å². The van der Waals surface area contributed by atoms with E-state index in [2.05, 4.69) is 23.8 Å². The number of carboxylic acid groups (broad SMARTS) is 1. The van der Waals surface area contributed by atoms with E-state index in [0.717, 1.165) is 25.6 Å². The lowest BCUT2D eigenvalue weighted by Gasteiger charge is -2.46. The number of hydrogen-bond acceptors (Lipinski definition) is 3. The molecule has 1 saturated carbocycles. The zero-order valence-corrected chi connectivity index (χ0v) is 11.6. The second-order valence-corrected chi connectivity index (χ2v) is 6.01. The van der Waals surface area contributed by atoms with Gasteiger partial charge >= 0.3 is 5.97 Å². The molecule has 0 bridgehead atoms. The van der Waals surface area contributed by atoms with E-state index in [1.807, 2.05) is 0 Å². The molecule has 2 fully saturated rings. The van der Waals surface area contributed by atoms with Crippen molar-refractivity contribution >= 4 is 5.97 Å². The van der Waals surface area contributed by atoms with Gasteiger partial charge in [0, 0.05) is 37.6 Å². The van der Waals surface area contributed by atoms with Gasteiger partial charge in [-0.05, 0) is 33.2 Å². The topological polar surface area (TPSA) is 43.8 Å². The molecule has 0 radical (unpaired) electrons. The van der Waals surface area contributed by atoms with Gasteiger partial charge in [-0.3, -0.25) is 9.69 Å². The lowest BCUT2D eigenvalue weighted by Crippen LogP contribution is -2.58. The van der Waals surface area contributed by atoms with Crippen molar-refractivity contribution in [1.82, 2.24) is 9.80 Å². The van der Waals surface area contributed by atoms with Crippen molar-refractivity contribution in [3.63, 3.8) is 0 Å². The largest absolute Gasteiger partial charge is 0.481 e.